The Kier molecular flexibility index (Phi) is 13.8. The molecule has 0 aliphatic carbocycles. The molecule has 0 radical (unpaired) electrons. The highest BCUT2D eigenvalue weighted by Gasteiger charge is 2.47. The first-order valence-electron chi connectivity index (χ1n) is 43.4. The summed E-state index contributed by atoms with van der Waals surface area (Å²) in [6.45, 7) is 20.0. The van der Waals surface area contributed by atoms with Crippen molar-refractivity contribution in [3.8, 4) is 83.6 Å². The predicted octanol–water partition coefficient (Wildman–Crippen LogP) is 28.2. The predicted molar refractivity (Wildman–Crippen MR) is 484 cm³/mol. The molecule has 0 spiro atoms. The Morgan fingerprint density at radius 2 is 0.693 bits per heavy atom. The second kappa shape index (κ2) is 26.1. The van der Waals surface area contributed by atoms with Gasteiger partial charge in [0.1, 0.15) is 22.3 Å². The SMILES string of the molecule is [2H]c1c([2H])c([2H])c2c(c1[2H])c1c([2H])c([2H])c([2H])c([2H])c1n2-c1ccc2c(c1)N(c1c(-c3ccccc3)cc(-c3ccccc3)cc1-c1cccc3c1oc1ccccc13)c1cc(C(C)(C)C)cc3c1B2c1cc(-c2cc(C(C)(C)C)cc(C(C)(C)C)c2)ccc1N3c1c(-c2ccccc2)cc(-c2ccccc2)cc1-c1cccc2c1oc1ccccc12. The third-order valence-electron chi connectivity index (χ3n) is 23.6. The van der Waals surface area contributed by atoms with Crippen molar-refractivity contribution in [2.24, 2.45) is 0 Å². The highest BCUT2D eigenvalue weighted by Crippen LogP contribution is 2.57. The summed E-state index contributed by atoms with van der Waals surface area (Å²) in [5.74, 6) is 0. The molecule has 2 aliphatic rings. The molecule has 2 aliphatic heterocycles. The Bertz CT molecular complexity index is 7510. The van der Waals surface area contributed by atoms with Crippen LogP contribution in [0.25, 0.3) is 149 Å². The Hall–Kier alpha value is -13.4. The summed E-state index contributed by atoms with van der Waals surface area (Å²) >= 11 is 0. The lowest BCUT2D eigenvalue weighted by atomic mass is 9.33. The molecular weight excluding hydrogens is 1380 g/mol. The Balaban J connectivity index is 0.982. The Labute approximate surface area is 677 Å². The normalized spacial score (nSPS) is 13.9. The van der Waals surface area contributed by atoms with Gasteiger partial charge in [-0.2, -0.15) is 0 Å². The van der Waals surface area contributed by atoms with Crippen LogP contribution in [0.4, 0.5) is 34.1 Å². The van der Waals surface area contributed by atoms with Crippen molar-refractivity contribution in [2.75, 3.05) is 9.80 Å². The summed E-state index contributed by atoms with van der Waals surface area (Å²) in [5, 5.41) is 3.90. The van der Waals surface area contributed by atoms with Crippen LogP contribution in [0.3, 0.4) is 0 Å². The molecule has 16 aromatic carbocycles. The van der Waals surface area contributed by atoms with Crippen molar-refractivity contribution in [1.29, 1.82) is 0 Å². The monoisotopic (exact) mass is 1470 g/mol. The van der Waals surface area contributed by atoms with Crippen LogP contribution in [0.2, 0.25) is 0 Å². The molecule has 0 amide bonds. The van der Waals surface area contributed by atoms with Gasteiger partial charge in [0.2, 0.25) is 0 Å². The summed E-state index contributed by atoms with van der Waals surface area (Å²) in [4.78, 5) is 5.03. The third kappa shape index (κ3) is 11.1. The molecular formula is C108H84BN3O2. The van der Waals surface area contributed by atoms with Gasteiger partial charge in [-0.05, 0) is 173 Å². The second-order valence-corrected chi connectivity index (χ2v) is 33.7. The number of hydrogen-bond donors (Lipinski definition) is 0. The Morgan fingerprint density at radius 1 is 0.281 bits per heavy atom. The summed E-state index contributed by atoms with van der Waals surface area (Å²) in [5.41, 5.74) is 27.3. The zero-order chi connectivity index (χ0) is 84.0. The quantitative estimate of drug-likeness (QED) is 0.128. The van der Waals surface area contributed by atoms with Crippen molar-refractivity contribution >= 4 is 123 Å². The number of para-hydroxylation sites is 6. The highest BCUT2D eigenvalue weighted by molar-refractivity contribution is 7.00. The van der Waals surface area contributed by atoms with Crippen LogP contribution in [0, 0.1) is 0 Å². The van der Waals surface area contributed by atoms with Gasteiger partial charge >= 0.3 is 0 Å². The first-order chi connectivity index (χ1) is 58.8. The number of furan rings is 2. The van der Waals surface area contributed by atoms with E-state index in [0.717, 1.165) is 167 Å². The molecule has 0 saturated carbocycles. The molecule has 21 rings (SSSR count). The second-order valence-electron chi connectivity index (χ2n) is 33.7. The van der Waals surface area contributed by atoms with Gasteiger partial charge in [0.25, 0.3) is 6.71 Å². The molecule has 0 bridgehead atoms. The van der Waals surface area contributed by atoms with Crippen LogP contribution >= 0.6 is 0 Å². The first-order valence-corrected chi connectivity index (χ1v) is 39.4. The van der Waals surface area contributed by atoms with E-state index in [1.54, 1.807) is 4.57 Å². The first kappa shape index (κ1) is 60.3. The Morgan fingerprint density at radius 3 is 1.18 bits per heavy atom. The van der Waals surface area contributed by atoms with E-state index in [4.69, 9.17) is 8.83 Å². The van der Waals surface area contributed by atoms with Gasteiger partial charge in [0, 0.05) is 94.1 Å². The van der Waals surface area contributed by atoms with E-state index in [9.17, 15) is 11.0 Å². The molecule has 3 aromatic heterocycles. The molecule has 0 unspecified atom stereocenters. The maximum atomic E-state index is 10.0. The molecule has 5 heterocycles. The van der Waals surface area contributed by atoms with Crippen molar-refractivity contribution < 1.29 is 19.8 Å². The van der Waals surface area contributed by atoms with E-state index >= 15 is 0 Å². The van der Waals surface area contributed by atoms with Crippen LogP contribution in [0.5, 0.6) is 0 Å². The molecule has 6 heteroatoms. The van der Waals surface area contributed by atoms with Gasteiger partial charge in [-0.1, -0.05) is 329 Å². The number of anilines is 6. The summed E-state index contributed by atoms with van der Waals surface area (Å²) in [6, 6.07) is 103. The lowest BCUT2D eigenvalue weighted by molar-refractivity contribution is 0.569. The van der Waals surface area contributed by atoms with Crippen LogP contribution in [-0.4, -0.2) is 11.3 Å². The summed E-state index contributed by atoms with van der Waals surface area (Å²) in [7, 11) is 0. The minimum atomic E-state index is -0.599. The molecule has 0 fully saturated rings. The van der Waals surface area contributed by atoms with Crippen LogP contribution in [0.1, 0.15) is 90.0 Å². The zero-order valence-electron chi connectivity index (χ0n) is 73.0. The number of nitrogens with zero attached hydrogens (tertiary/aromatic N) is 3. The summed E-state index contributed by atoms with van der Waals surface area (Å²) in [6.07, 6.45) is 0. The average molecular weight is 1470 g/mol. The number of fused-ring (bicyclic) bond motifs is 13. The van der Waals surface area contributed by atoms with Gasteiger partial charge in [-0.3, -0.25) is 0 Å². The van der Waals surface area contributed by atoms with E-state index < -0.39 is 48.4 Å². The van der Waals surface area contributed by atoms with Crippen LogP contribution in [-0.2, 0) is 16.2 Å². The fourth-order valence-corrected chi connectivity index (χ4v) is 17.9. The maximum absolute atomic E-state index is 10.0. The topological polar surface area (TPSA) is 37.7 Å². The molecule has 114 heavy (non-hydrogen) atoms. The van der Waals surface area contributed by atoms with Gasteiger partial charge in [-0.15, -0.1) is 0 Å². The van der Waals surface area contributed by atoms with Gasteiger partial charge in [-0.25, -0.2) is 0 Å². The van der Waals surface area contributed by atoms with Crippen LogP contribution < -0.4 is 26.2 Å². The number of hydrogen-bond acceptors (Lipinski definition) is 4. The minimum Gasteiger partial charge on any atom is -0.455 e. The van der Waals surface area contributed by atoms with Gasteiger partial charge in [0.05, 0.1) is 33.4 Å². The molecule has 19 aromatic rings. The van der Waals surface area contributed by atoms with E-state index in [0.29, 0.717) is 17.0 Å². The third-order valence-corrected chi connectivity index (χ3v) is 23.6. The van der Waals surface area contributed by atoms with Crippen molar-refractivity contribution in [2.45, 2.75) is 78.6 Å². The molecule has 5 nitrogen and oxygen atoms in total. The number of rotatable bonds is 10. The van der Waals surface area contributed by atoms with E-state index in [-0.39, 0.29) is 44.7 Å². The number of aromatic nitrogens is 1. The molecule has 0 atom stereocenters. The molecule has 0 saturated heterocycles. The molecule has 0 N–H and O–H groups in total. The van der Waals surface area contributed by atoms with E-state index in [2.05, 4.69) is 339 Å². The largest absolute Gasteiger partial charge is 0.455 e. The fourth-order valence-electron chi connectivity index (χ4n) is 17.9. The maximum Gasteiger partial charge on any atom is 0.252 e. The van der Waals surface area contributed by atoms with Crippen LogP contribution in [0.15, 0.2) is 354 Å². The van der Waals surface area contributed by atoms with E-state index in [1.807, 2.05) is 30.3 Å². The van der Waals surface area contributed by atoms with Gasteiger partial charge in [0.15, 0.2) is 0 Å². The lowest BCUT2D eigenvalue weighted by Crippen LogP contribution is -2.61. The highest BCUT2D eigenvalue weighted by atomic mass is 16.3. The number of benzene rings is 16. The fraction of sp³-hybridized carbons (Fsp3) is 0.111. The standard InChI is InChI=1S/C108H84BN3O2/c1-106(2,3)75-56-72(57-76(63-75)107(4,5)6)71-52-55-95-92(62-71)109-91-54-53-78(110-93-48-26-22-40-79(93)80-41-23-27-49-94(80)110)66-96(91)112(103-88(70-38-20-13-21-39-70)59-74(68-34-16-11-17-35-68)61-90(103)86-47-31-45-84-82-43-25-29-51-100(82)114-105(84)86)98-65-77(108(7,8)9)64-97(101(98)109)111(95)102-87(69-36-18-12-19-37-69)58-73(67-32-14-10-15-33-67)60-89(102)85-46-30-44-83-81-42-24-28-50-99(81)113-104(83)85/h10-66H,1-9H3/i22D,23D,26D,27D,40D,41D,48D,49D. The molecule has 546 valence electrons. The van der Waals surface area contributed by atoms with Crippen molar-refractivity contribution in [3.05, 3.63) is 362 Å². The average Bonchev–Trinajstić information content (AvgIpc) is 0.818. The zero-order valence-corrected chi connectivity index (χ0v) is 65.0. The smallest absolute Gasteiger partial charge is 0.252 e. The van der Waals surface area contributed by atoms with Gasteiger partial charge < -0.3 is 23.2 Å². The minimum absolute atomic E-state index is 0.0111. The van der Waals surface area contributed by atoms with Crippen molar-refractivity contribution in [3.63, 3.8) is 0 Å². The summed E-state index contributed by atoms with van der Waals surface area (Å²) < 4.78 is 93.1. The van der Waals surface area contributed by atoms with E-state index in [1.165, 1.54) is 11.1 Å². The van der Waals surface area contributed by atoms with Crippen molar-refractivity contribution in [1.82, 2.24) is 4.57 Å². The lowest BCUT2D eigenvalue weighted by Gasteiger charge is -2.46.